The zero-order valence-electron chi connectivity index (χ0n) is 18.2. The van der Waals surface area contributed by atoms with Gasteiger partial charge in [0.1, 0.15) is 11.5 Å². The van der Waals surface area contributed by atoms with Crippen molar-refractivity contribution in [1.82, 2.24) is 4.90 Å². The third kappa shape index (κ3) is 4.57. The van der Waals surface area contributed by atoms with Crippen LogP contribution < -0.4 is 9.47 Å². The molecule has 1 aliphatic rings. The van der Waals surface area contributed by atoms with Crippen LogP contribution in [0.3, 0.4) is 0 Å². The Bertz CT molecular complexity index is 1040. The van der Waals surface area contributed by atoms with Crippen LogP contribution in [0.4, 0.5) is 0 Å². The summed E-state index contributed by atoms with van der Waals surface area (Å²) in [6.45, 7) is 2.45. The Balaban J connectivity index is 2.18. The number of nitrogens with zero attached hydrogens (tertiary/aromatic N) is 1. The van der Waals surface area contributed by atoms with E-state index in [0.29, 0.717) is 17.9 Å². The van der Waals surface area contributed by atoms with Crippen molar-refractivity contribution in [2.75, 3.05) is 20.8 Å². The molecule has 0 spiro atoms. The van der Waals surface area contributed by atoms with Gasteiger partial charge in [-0.15, -0.1) is 0 Å². The van der Waals surface area contributed by atoms with Crippen molar-refractivity contribution < 1.29 is 24.2 Å². The zero-order chi connectivity index (χ0) is 23.4. The number of aliphatic hydroxyl groups excluding tert-OH is 1. The smallest absolute Gasteiger partial charge is 0.295 e. The van der Waals surface area contributed by atoms with E-state index >= 15 is 0 Å². The fourth-order valence-electron chi connectivity index (χ4n) is 3.85. The van der Waals surface area contributed by atoms with Crippen molar-refractivity contribution in [3.05, 3.63) is 63.1 Å². The number of Topliss-reactive ketones (excluding diaryl/α,β-unsaturated/α-hetero) is 1. The summed E-state index contributed by atoms with van der Waals surface area (Å²) in [5.74, 6) is -0.914. The second-order valence-corrected chi connectivity index (χ2v) is 8.26. The number of likely N-dealkylation sites (tertiary alicyclic amines) is 1. The molecule has 3 rings (SSSR count). The normalized spacial score (nSPS) is 17.7. The van der Waals surface area contributed by atoms with Gasteiger partial charge in [0.25, 0.3) is 11.7 Å². The molecular weight excluding hydrogens is 453 g/mol. The van der Waals surface area contributed by atoms with Gasteiger partial charge in [-0.25, -0.2) is 0 Å². The van der Waals surface area contributed by atoms with Gasteiger partial charge >= 0.3 is 0 Å². The van der Waals surface area contributed by atoms with Gasteiger partial charge in [0.2, 0.25) is 0 Å². The number of hydrogen-bond donors (Lipinski definition) is 1. The number of hydrogen-bond acceptors (Lipinski definition) is 5. The summed E-state index contributed by atoms with van der Waals surface area (Å²) in [4.78, 5) is 27.5. The van der Waals surface area contributed by atoms with E-state index in [9.17, 15) is 14.7 Å². The molecule has 1 saturated heterocycles. The number of amides is 1. The molecule has 1 fully saturated rings. The van der Waals surface area contributed by atoms with Crippen molar-refractivity contribution in [3.8, 4) is 11.5 Å². The molecule has 170 valence electrons. The predicted octanol–water partition coefficient (Wildman–Crippen LogP) is 5.62. The van der Waals surface area contributed by atoms with E-state index in [4.69, 9.17) is 32.7 Å². The summed E-state index contributed by atoms with van der Waals surface area (Å²) in [5, 5.41) is 11.5. The van der Waals surface area contributed by atoms with Crippen LogP contribution >= 0.6 is 23.2 Å². The van der Waals surface area contributed by atoms with Gasteiger partial charge in [-0.05, 0) is 36.2 Å². The first kappa shape index (κ1) is 24.0. The van der Waals surface area contributed by atoms with E-state index in [1.807, 2.05) is 0 Å². The number of carbonyl (C=O) groups is 2. The molecule has 0 bridgehead atoms. The molecule has 2 aromatic carbocycles. The molecule has 32 heavy (non-hydrogen) atoms. The van der Waals surface area contributed by atoms with Gasteiger partial charge in [0, 0.05) is 12.1 Å². The minimum absolute atomic E-state index is 0.0166. The first-order valence-corrected chi connectivity index (χ1v) is 11.0. The average molecular weight is 478 g/mol. The molecule has 1 heterocycles. The Hall–Kier alpha value is -2.70. The van der Waals surface area contributed by atoms with Gasteiger partial charge in [0.15, 0.2) is 5.75 Å². The van der Waals surface area contributed by atoms with Crippen LogP contribution in [-0.2, 0) is 9.59 Å². The van der Waals surface area contributed by atoms with Gasteiger partial charge < -0.3 is 19.5 Å². The Kier molecular flexibility index (Phi) is 7.69. The summed E-state index contributed by atoms with van der Waals surface area (Å²) < 4.78 is 10.5. The number of ether oxygens (including phenoxy) is 2. The van der Waals surface area contributed by atoms with E-state index in [0.717, 1.165) is 19.3 Å². The lowest BCUT2D eigenvalue weighted by Gasteiger charge is -2.25. The first-order chi connectivity index (χ1) is 15.3. The third-order valence-corrected chi connectivity index (χ3v) is 5.99. The molecule has 1 atom stereocenters. The molecule has 1 amide bonds. The largest absolute Gasteiger partial charge is 0.507 e. The summed E-state index contributed by atoms with van der Waals surface area (Å²) in [7, 11) is 2.97. The van der Waals surface area contributed by atoms with Crippen molar-refractivity contribution in [1.29, 1.82) is 0 Å². The Morgan fingerprint density at radius 1 is 1.06 bits per heavy atom. The molecule has 1 unspecified atom stereocenters. The van der Waals surface area contributed by atoms with E-state index in [1.165, 1.54) is 24.1 Å². The lowest BCUT2D eigenvalue weighted by Crippen LogP contribution is -2.30. The average Bonchev–Trinajstić information content (AvgIpc) is 3.03. The molecule has 6 nitrogen and oxygen atoms in total. The number of benzene rings is 2. The lowest BCUT2D eigenvalue weighted by molar-refractivity contribution is -0.139. The number of rotatable bonds is 8. The molecule has 1 aliphatic heterocycles. The molecular formula is C24H25Cl2NO5. The molecule has 0 aliphatic carbocycles. The monoisotopic (exact) mass is 477 g/mol. The van der Waals surface area contributed by atoms with Gasteiger partial charge in [0.05, 0.1) is 35.9 Å². The maximum atomic E-state index is 13.1. The first-order valence-electron chi connectivity index (χ1n) is 10.3. The van der Waals surface area contributed by atoms with Gasteiger partial charge in [-0.1, -0.05) is 55.1 Å². The minimum Gasteiger partial charge on any atom is -0.507 e. The maximum Gasteiger partial charge on any atom is 0.295 e. The minimum atomic E-state index is -0.762. The van der Waals surface area contributed by atoms with Crippen molar-refractivity contribution >= 4 is 40.7 Å². The predicted molar refractivity (Wildman–Crippen MR) is 125 cm³/mol. The highest BCUT2D eigenvalue weighted by molar-refractivity contribution is 6.46. The molecule has 8 heteroatoms. The molecule has 2 aromatic rings. The maximum absolute atomic E-state index is 13.1. The van der Waals surface area contributed by atoms with E-state index in [2.05, 4.69) is 6.92 Å². The quantitative estimate of drug-likeness (QED) is 0.231. The second kappa shape index (κ2) is 10.3. The topological polar surface area (TPSA) is 76.1 Å². The standard InChI is InChI=1S/C24H25Cl2NO5/c1-4-5-6-10-27-20(14-8-7-9-16(11-14)31-2)19(22(29)24(27)30)21(28)15-12-17(25)23(32-3)18(26)13-15/h7-9,11-13,20,28H,4-6,10H2,1-3H3/b21-19+. The summed E-state index contributed by atoms with van der Waals surface area (Å²) in [6.07, 6.45) is 2.62. The number of ketones is 1. The zero-order valence-corrected chi connectivity index (χ0v) is 19.7. The number of halogens is 2. The van der Waals surface area contributed by atoms with E-state index in [-0.39, 0.29) is 32.7 Å². The SMILES string of the molecule is CCCCCN1C(=O)C(=O)/C(=C(/O)c2cc(Cl)c(OC)c(Cl)c2)C1c1cccc(OC)c1. The highest BCUT2D eigenvalue weighted by atomic mass is 35.5. The van der Waals surface area contributed by atoms with Crippen LogP contribution in [0, 0.1) is 0 Å². The van der Waals surface area contributed by atoms with Crippen LogP contribution in [0.2, 0.25) is 10.0 Å². The second-order valence-electron chi connectivity index (χ2n) is 7.45. The summed E-state index contributed by atoms with van der Waals surface area (Å²) >= 11 is 12.5. The fraction of sp³-hybridized carbons (Fsp3) is 0.333. The number of aliphatic hydroxyl groups is 1. The highest BCUT2D eigenvalue weighted by Crippen LogP contribution is 2.42. The van der Waals surface area contributed by atoms with E-state index < -0.39 is 17.7 Å². The van der Waals surface area contributed by atoms with Crippen LogP contribution in [-0.4, -0.2) is 42.5 Å². The van der Waals surface area contributed by atoms with E-state index in [1.54, 1.807) is 31.4 Å². The van der Waals surface area contributed by atoms with Crippen LogP contribution in [0.1, 0.15) is 43.4 Å². The Morgan fingerprint density at radius 2 is 1.75 bits per heavy atom. The van der Waals surface area contributed by atoms with Gasteiger partial charge in [-0.2, -0.15) is 0 Å². The number of unbranched alkanes of at least 4 members (excludes halogenated alkanes) is 2. The Labute approximate surface area is 197 Å². The molecule has 0 saturated carbocycles. The number of methoxy groups -OCH3 is 2. The lowest BCUT2D eigenvalue weighted by atomic mass is 9.95. The van der Waals surface area contributed by atoms with Crippen LogP contribution in [0.25, 0.3) is 5.76 Å². The molecule has 1 N–H and O–H groups in total. The van der Waals surface area contributed by atoms with Crippen LogP contribution in [0.5, 0.6) is 11.5 Å². The number of carbonyl (C=O) groups excluding carboxylic acids is 2. The van der Waals surface area contributed by atoms with Crippen LogP contribution in [0.15, 0.2) is 42.0 Å². The van der Waals surface area contributed by atoms with Crippen molar-refractivity contribution in [2.45, 2.75) is 32.2 Å². The molecule has 0 radical (unpaired) electrons. The fourth-order valence-corrected chi connectivity index (χ4v) is 4.49. The van der Waals surface area contributed by atoms with Gasteiger partial charge in [-0.3, -0.25) is 9.59 Å². The summed E-state index contributed by atoms with van der Waals surface area (Å²) in [5.41, 5.74) is 0.865. The van der Waals surface area contributed by atoms with Crippen molar-refractivity contribution in [2.24, 2.45) is 0 Å². The highest BCUT2D eigenvalue weighted by Gasteiger charge is 2.46. The Morgan fingerprint density at radius 3 is 2.34 bits per heavy atom. The molecule has 0 aromatic heterocycles. The van der Waals surface area contributed by atoms with Crippen molar-refractivity contribution in [3.63, 3.8) is 0 Å². The summed E-state index contributed by atoms with van der Waals surface area (Å²) in [6, 6.07) is 9.25. The third-order valence-electron chi connectivity index (χ3n) is 5.43.